The summed E-state index contributed by atoms with van der Waals surface area (Å²) in [4.78, 5) is 29.1. The first-order valence-electron chi connectivity index (χ1n) is 9.32. The average Bonchev–Trinajstić information content (AvgIpc) is 3.05. The molecule has 3 aromatic rings. The van der Waals surface area contributed by atoms with Crippen LogP contribution in [0.15, 0.2) is 18.2 Å². The maximum absolute atomic E-state index is 11.3. The van der Waals surface area contributed by atoms with Crippen molar-refractivity contribution in [2.24, 2.45) is 0 Å². The monoisotopic (exact) mass is 418 g/mol. The number of aryl methyl sites for hydroxylation is 1. The quantitative estimate of drug-likeness (QED) is 0.354. The summed E-state index contributed by atoms with van der Waals surface area (Å²) in [5.74, 6) is 1.32. The number of aromatic amines is 1. The number of halogens is 1. The molecule has 154 valence electrons. The number of nitrogens with zero attached hydrogens (tertiary/aromatic N) is 5. The van der Waals surface area contributed by atoms with Crippen molar-refractivity contribution >= 4 is 46.0 Å². The van der Waals surface area contributed by atoms with Crippen LogP contribution < -0.4 is 10.6 Å². The lowest BCUT2D eigenvalue weighted by Crippen LogP contribution is -2.28. The molecule has 29 heavy (non-hydrogen) atoms. The van der Waals surface area contributed by atoms with Crippen LogP contribution in [0.1, 0.15) is 19.5 Å². The molecule has 0 aliphatic carbocycles. The molecule has 0 aliphatic heterocycles. The molecular formula is C18H23ClN8O2. The highest BCUT2D eigenvalue weighted by Crippen LogP contribution is 2.29. The number of nitrogens with one attached hydrogen (secondary N) is 3. The number of rotatable bonds is 9. The van der Waals surface area contributed by atoms with Crippen LogP contribution in [0.25, 0.3) is 11.0 Å². The summed E-state index contributed by atoms with van der Waals surface area (Å²) >= 11 is 5.96. The topological polar surface area (TPSA) is 125 Å². The number of fused-ring (bicyclic) bond motifs is 1. The standard InChI is InChI=1S/C18H23ClN8O2/c1-4-26(5-2)7-6-20-15-8-11(3)21-17(23-15)25-18-22-13-9-12(19)10-14(27(28)29)16(13)24-18/h8-10H,4-7H2,1-3H3,(H3,20,21,22,23,24,25). The number of anilines is 3. The van der Waals surface area contributed by atoms with Crippen LogP contribution in [-0.4, -0.2) is 55.9 Å². The molecule has 2 heterocycles. The number of likely N-dealkylation sites (N-methyl/N-ethyl adjacent to an activating group) is 1. The summed E-state index contributed by atoms with van der Waals surface area (Å²) in [6.45, 7) is 9.79. The first kappa shape index (κ1) is 20.7. The van der Waals surface area contributed by atoms with Crippen LogP contribution in [0.5, 0.6) is 0 Å². The Morgan fingerprint density at radius 2 is 1.97 bits per heavy atom. The maximum atomic E-state index is 11.3. The Labute approximate surface area is 172 Å². The van der Waals surface area contributed by atoms with Crippen LogP contribution in [0.2, 0.25) is 5.02 Å². The van der Waals surface area contributed by atoms with Gasteiger partial charge in [0.05, 0.1) is 10.4 Å². The lowest BCUT2D eigenvalue weighted by Gasteiger charge is -2.18. The molecular weight excluding hydrogens is 396 g/mol. The van der Waals surface area contributed by atoms with Gasteiger partial charge in [0, 0.05) is 35.9 Å². The number of H-pyrrole nitrogens is 1. The summed E-state index contributed by atoms with van der Waals surface area (Å²) in [6, 6.07) is 4.71. The smallest absolute Gasteiger partial charge is 0.298 e. The zero-order valence-corrected chi connectivity index (χ0v) is 17.2. The lowest BCUT2D eigenvalue weighted by molar-refractivity contribution is -0.383. The second kappa shape index (κ2) is 9.01. The fourth-order valence-corrected chi connectivity index (χ4v) is 3.18. The summed E-state index contributed by atoms with van der Waals surface area (Å²) in [7, 11) is 0. The summed E-state index contributed by atoms with van der Waals surface area (Å²) < 4.78 is 0. The summed E-state index contributed by atoms with van der Waals surface area (Å²) in [5, 5.41) is 17.8. The molecule has 0 saturated heterocycles. The van der Waals surface area contributed by atoms with Gasteiger partial charge in [0.1, 0.15) is 5.82 Å². The third kappa shape index (κ3) is 5.09. The molecule has 0 aliphatic rings. The van der Waals surface area contributed by atoms with Crippen LogP contribution in [0, 0.1) is 17.0 Å². The highest BCUT2D eigenvalue weighted by atomic mass is 35.5. The van der Waals surface area contributed by atoms with Crippen LogP contribution in [-0.2, 0) is 0 Å². The van der Waals surface area contributed by atoms with Gasteiger partial charge in [-0.3, -0.25) is 15.4 Å². The Balaban J connectivity index is 1.79. The van der Waals surface area contributed by atoms with E-state index in [9.17, 15) is 10.1 Å². The molecule has 11 heteroatoms. The minimum absolute atomic E-state index is 0.166. The number of aromatic nitrogens is 4. The van der Waals surface area contributed by atoms with Gasteiger partial charge in [-0.2, -0.15) is 4.98 Å². The third-order valence-electron chi connectivity index (χ3n) is 4.44. The van der Waals surface area contributed by atoms with Gasteiger partial charge >= 0.3 is 0 Å². The van der Waals surface area contributed by atoms with Gasteiger partial charge in [-0.1, -0.05) is 25.4 Å². The molecule has 0 spiro atoms. The fourth-order valence-electron chi connectivity index (χ4n) is 2.97. The van der Waals surface area contributed by atoms with E-state index in [2.05, 4.69) is 49.3 Å². The summed E-state index contributed by atoms with van der Waals surface area (Å²) in [5.41, 5.74) is 1.28. The normalized spacial score (nSPS) is 11.2. The number of hydrogen-bond donors (Lipinski definition) is 3. The molecule has 3 rings (SSSR count). The van der Waals surface area contributed by atoms with E-state index in [0.29, 0.717) is 23.2 Å². The van der Waals surface area contributed by atoms with E-state index in [0.717, 1.165) is 31.9 Å². The van der Waals surface area contributed by atoms with Crippen LogP contribution in [0.3, 0.4) is 0 Å². The van der Waals surface area contributed by atoms with E-state index in [1.165, 1.54) is 6.07 Å². The molecule has 0 amide bonds. The van der Waals surface area contributed by atoms with Crippen LogP contribution in [0.4, 0.5) is 23.4 Å². The molecule has 3 N–H and O–H groups in total. The predicted octanol–water partition coefficient (Wildman–Crippen LogP) is 3.72. The molecule has 0 fully saturated rings. The Morgan fingerprint density at radius 3 is 2.66 bits per heavy atom. The Kier molecular flexibility index (Phi) is 6.45. The molecule has 10 nitrogen and oxygen atoms in total. The molecule has 0 radical (unpaired) electrons. The molecule has 0 atom stereocenters. The van der Waals surface area contributed by atoms with E-state index in [-0.39, 0.29) is 16.2 Å². The minimum Gasteiger partial charge on any atom is -0.369 e. The number of nitro benzene ring substituents is 1. The lowest BCUT2D eigenvalue weighted by atomic mass is 10.3. The van der Waals surface area contributed by atoms with Crippen LogP contribution >= 0.6 is 11.6 Å². The van der Waals surface area contributed by atoms with E-state index >= 15 is 0 Å². The Bertz CT molecular complexity index is 1020. The number of non-ortho nitro benzene ring substituents is 1. The zero-order chi connectivity index (χ0) is 21.0. The molecule has 1 aromatic carbocycles. The summed E-state index contributed by atoms with van der Waals surface area (Å²) in [6.07, 6.45) is 0. The van der Waals surface area contributed by atoms with Crippen molar-refractivity contribution in [3.05, 3.63) is 39.0 Å². The van der Waals surface area contributed by atoms with Crippen molar-refractivity contribution in [2.45, 2.75) is 20.8 Å². The second-order valence-electron chi connectivity index (χ2n) is 6.46. The number of benzene rings is 1. The van der Waals surface area contributed by atoms with Crippen molar-refractivity contribution in [3.63, 3.8) is 0 Å². The third-order valence-corrected chi connectivity index (χ3v) is 4.66. The first-order chi connectivity index (χ1) is 13.9. The number of hydrogen-bond acceptors (Lipinski definition) is 8. The van der Waals surface area contributed by atoms with Gasteiger partial charge in [-0.25, -0.2) is 9.97 Å². The van der Waals surface area contributed by atoms with E-state index in [4.69, 9.17) is 11.6 Å². The van der Waals surface area contributed by atoms with E-state index in [1.54, 1.807) is 6.07 Å². The van der Waals surface area contributed by atoms with Gasteiger partial charge < -0.3 is 15.2 Å². The number of imidazole rings is 1. The first-order valence-corrected chi connectivity index (χ1v) is 9.70. The van der Waals surface area contributed by atoms with Gasteiger partial charge in [0.15, 0.2) is 5.52 Å². The SMILES string of the molecule is CCN(CC)CCNc1cc(C)nc(Nc2nc3c([N+](=O)[O-])cc(Cl)cc3[nH]2)n1. The van der Waals surface area contributed by atoms with Crippen molar-refractivity contribution < 1.29 is 4.92 Å². The maximum Gasteiger partial charge on any atom is 0.298 e. The zero-order valence-electron chi connectivity index (χ0n) is 16.5. The molecule has 0 bridgehead atoms. The average molecular weight is 419 g/mol. The van der Waals surface area contributed by atoms with Gasteiger partial charge in [0.25, 0.3) is 5.69 Å². The van der Waals surface area contributed by atoms with E-state index < -0.39 is 4.92 Å². The van der Waals surface area contributed by atoms with Crippen molar-refractivity contribution in [3.8, 4) is 0 Å². The molecule has 0 saturated carbocycles. The highest BCUT2D eigenvalue weighted by Gasteiger charge is 2.18. The van der Waals surface area contributed by atoms with Crippen molar-refractivity contribution in [1.29, 1.82) is 0 Å². The minimum atomic E-state index is -0.514. The van der Waals surface area contributed by atoms with E-state index in [1.807, 2.05) is 13.0 Å². The largest absolute Gasteiger partial charge is 0.369 e. The fraction of sp³-hybridized carbons (Fsp3) is 0.389. The Morgan fingerprint density at radius 1 is 1.21 bits per heavy atom. The van der Waals surface area contributed by atoms with Crippen molar-refractivity contribution in [1.82, 2.24) is 24.8 Å². The molecule has 2 aromatic heterocycles. The molecule has 0 unspecified atom stereocenters. The van der Waals surface area contributed by atoms with Gasteiger partial charge in [-0.15, -0.1) is 0 Å². The van der Waals surface area contributed by atoms with Crippen molar-refractivity contribution in [2.75, 3.05) is 36.8 Å². The number of nitro groups is 1. The highest BCUT2D eigenvalue weighted by molar-refractivity contribution is 6.31. The Hall–Kier alpha value is -2.98. The van der Waals surface area contributed by atoms with Gasteiger partial charge in [-0.05, 0) is 26.1 Å². The van der Waals surface area contributed by atoms with Gasteiger partial charge in [0.2, 0.25) is 11.9 Å². The second-order valence-corrected chi connectivity index (χ2v) is 6.90. The predicted molar refractivity (Wildman–Crippen MR) is 114 cm³/mol.